The second-order valence-corrected chi connectivity index (χ2v) is 1.83. The summed E-state index contributed by atoms with van der Waals surface area (Å²) < 4.78 is 3.74. The largest absolute Gasteiger partial charge is 0.339 e. The van der Waals surface area contributed by atoms with Gasteiger partial charge in [-0.2, -0.15) is 0 Å². The van der Waals surface area contributed by atoms with Crippen LogP contribution in [-0.2, 0) is 3.62 Å². The van der Waals surface area contributed by atoms with Crippen LogP contribution in [0.15, 0.2) is 0 Å². The van der Waals surface area contributed by atoms with E-state index in [4.69, 9.17) is 9.79 Å². The summed E-state index contributed by atoms with van der Waals surface area (Å²) in [4.78, 5) is 15.4. The number of halogens is 1. The molecular weight excluding hydrogens is 159 g/mol. The van der Waals surface area contributed by atoms with Crippen LogP contribution in [0.4, 0.5) is 0 Å². The molecule has 0 aromatic heterocycles. The zero-order valence-corrected chi connectivity index (χ0v) is 4.61. The highest BCUT2D eigenvalue weighted by atomic mass is 79.9. The van der Waals surface area contributed by atoms with E-state index in [9.17, 15) is 0 Å². The van der Waals surface area contributed by atoms with Crippen molar-refractivity contribution in [2.75, 3.05) is 0 Å². The molecule has 5 heteroatoms. The Bertz CT molecular complexity index is 20.9. The molecule has 0 rings (SSSR count). The topological polar surface area (TPSA) is 49.7 Å². The molecule has 0 atom stereocenters. The minimum atomic E-state index is -2.18. The van der Waals surface area contributed by atoms with Gasteiger partial charge in [0.1, 0.15) is 16.3 Å². The van der Waals surface area contributed by atoms with Gasteiger partial charge in [-0.3, -0.25) is 0 Å². The van der Waals surface area contributed by atoms with Crippen LogP contribution >= 0.6 is 24.9 Å². The lowest BCUT2D eigenvalue weighted by atomic mass is 15.8. The molecule has 0 spiro atoms. The number of rotatable bonds is 1. The summed E-state index contributed by atoms with van der Waals surface area (Å²) in [6, 6.07) is 0. The molecule has 0 aliphatic rings. The lowest BCUT2D eigenvalue weighted by molar-refractivity contribution is 0.404. The molecular formula is H2BrO3P. The second-order valence-electron chi connectivity index (χ2n) is 0.322. The molecule has 0 fully saturated rings. The smallest absolute Gasteiger partial charge is 0.328 e. The third kappa shape index (κ3) is 4.79. The fourth-order valence-electron chi connectivity index (χ4n) is 0. The van der Waals surface area contributed by atoms with Gasteiger partial charge in [0.05, 0.1) is 0 Å². The van der Waals surface area contributed by atoms with Crippen LogP contribution in [0.2, 0.25) is 0 Å². The van der Waals surface area contributed by atoms with E-state index in [1.54, 1.807) is 0 Å². The Morgan fingerprint density at radius 2 is 1.80 bits per heavy atom. The van der Waals surface area contributed by atoms with Gasteiger partial charge >= 0.3 is 8.60 Å². The van der Waals surface area contributed by atoms with Crippen LogP contribution in [0.3, 0.4) is 0 Å². The van der Waals surface area contributed by atoms with Gasteiger partial charge < -0.3 is 9.79 Å². The maximum atomic E-state index is 7.71. The van der Waals surface area contributed by atoms with Gasteiger partial charge in [0, 0.05) is 0 Å². The molecule has 0 aliphatic carbocycles. The van der Waals surface area contributed by atoms with E-state index >= 15 is 0 Å². The Balaban J connectivity index is 2.54. The molecule has 32 valence electrons. The van der Waals surface area contributed by atoms with E-state index in [2.05, 4.69) is 19.9 Å². The highest BCUT2D eigenvalue weighted by Gasteiger charge is 1.89. The SMILES string of the molecule is OP(O)OBr. The normalized spacial score (nSPS) is 9.60. The van der Waals surface area contributed by atoms with Crippen LogP contribution in [0.25, 0.3) is 0 Å². The van der Waals surface area contributed by atoms with Crippen molar-refractivity contribution >= 4 is 24.9 Å². The van der Waals surface area contributed by atoms with Crippen LogP contribution in [0.5, 0.6) is 0 Å². The Labute approximate surface area is 39.0 Å². The predicted molar refractivity (Wildman–Crippen MR) is 21.4 cm³/mol. The maximum Gasteiger partial charge on any atom is 0.339 e. The molecule has 0 aliphatic heterocycles. The minimum Gasteiger partial charge on any atom is -0.328 e. The van der Waals surface area contributed by atoms with Crippen LogP contribution in [0, 0.1) is 0 Å². The van der Waals surface area contributed by atoms with Crippen molar-refractivity contribution in [1.29, 1.82) is 0 Å². The fourth-order valence-corrected chi connectivity index (χ4v) is 0. The monoisotopic (exact) mass is 160 g/mol. The molecule has 0 unspecified atom stereocenters. The zero-order chi connectivity index (χ0) is 4.28. The summed E-state index contributed by atoms with van der Waals surface area (Å²) in [6.45, 7) is 0. The molecule has 3 nitrogen and oxygen atoms in total. The van der Waals surface area contributed by atoms with Crippen LogP contribution in [0.1, 0.15) is 0 Å². The van der Waals surface area contributed by atoms with Crippen LogP contribution < -0.4 is 0 Å². The van der Waals surface area contributed by atoms with E-state index in [0.717, 1.165) is 0 Å². The van der Waals surface area contributed by atoms with Gasteiger partial charge in [-0.15, -0.1) is 0 Å². The average molecular weight is 161 g/mol. The first-order valence-corrected chi connectivity index (χ1v) is 2.55. The Hall–Kier alpha value is 0.790. The molecule has 5 heavy (non-hydrogen) atoms. The number of hydrogen-bond acceptors (Lipinski definition) is 3. The first-order valence-electron chi connectivity index (χ1n) is 0.737. The van der Waals surface area contributed by atoms with Gasteiger partial charge in [-0.1, -0.05) is 0 Å². The average Bonchev–Trinajstić information content (AvgIpc) is 1.38. The number of hydrogen-bond donors (Lipinski definition) is 2. The van der Waals surface area contributed by atoms with Gasteiger partial charge in [-0.25, -0.2) is 3.62 Å². The summed E-state index contributed by atoms with van der Waals surface area (Å²) in [7, 11) is -2.18. The van der Waals surface area contributed by atoms with Crippen molar-refractivity contribution < 1.29 is 13.4 Å². The molecule has 0 heterocycles. The molecule has 0 saturated carbocycles. The Morgan fingerprint density at radius 3 is 1.80 bits per heavy atom. The summed E-state index contributed by atoms with van der Waals surface area (Å²) in [5, 5.41) is 0. The van der Waals surface area contributed by atoms with Crippen molar-refractivity contribution in [3.8, 4) is 0 Å². The van der Waals surface area contributed by atoms with Gasteiger partial charge in [0.15, 0.2) is 0 Å². The summed E-state index contributed by atoms with van der Waals surface area (Å²) in [5.41, 5.74) is 0. The lowest BCUT2D eigenvalue weighted by Gasteiger charge is -1.86. The summed E-state index contributed by atoms with van der Waals surface area (Å²) >= 11 is 2.34. The second kappa shape index (κ2) is 3.00. The van der Waals surface area contributed by atoms with E-state index < -0.39 is 8.60 Å². The van der Waals surface area contributed by atoms with E-state index in [-0.39, 0.29) is 0 Å². The van der Waals surface area contributed by atoms with Crippen molar-refractivity contribution in [2.24, 2.45) is 0 Å². The molecule has 0 aromatic carbocycles. The summed E-state index contributed by atoms with van der Waals surface area (Å²) in [5.74, 6) is 0. The highest BCUT2D eigenvalue weighted by Crippen LogP contribution is 2.26. The van der Waals surface area contributed by atoms with E-state index in [1.807, 2.05) is 0 Å². The predicted octanol–water partition coefficient (Wildman–Crippen LogP) is 0.524. The molecule has 0 saturated heterocycles. The molecule has 0 radical (unpaired) electrons. The van der Waals surface area contributed by atoms with Gasteiger partial charge in [0.2, 0.25) is 0 Å². The first-order chi connectivity index (χ1) is 2.27. The quantitative estimate of drug-likeness (QED) is 0.551. The Kier molecular flexibility index (Phi) is 3.47. The lowest BCUT2D eigenvalue weighted by Crippen LogP contribution is -1.58. The zero-order valence-electron chi connectivity index (χ0n) is 2.13. The van der Waals surface area contributed by atoms with Crippen molar-refractivity contribution in [3.63, 3.8) is 0 Å². The molecule has 0 amide bonds. The van der Waals surface area contributed by atoms with Gasteiger partial charge in [0.25, 0.3) is 0 Å². The molecule has 0 aromatic rings. The maximum absolute atomic E-state index is 7.71. The van der Waals surface area contributed by atoms with Crippen LogP contribution in [-0.4, -0.2) is 9.79 Å². The minimum absolute atomic E-state index is 2.18. The fraction of sp³-hybridized carbons (Fsp3) is 0. The van der Waals surface area contributed by atoms with Gasteiger partial charge in [-0.05, 0) is 0 Å². The first kappa shape index (κ1) is 5.79. The van der Waals surface area contributed by atoms with Crippen molar-refractivity contribution in [2.45, 2.75) is 0 Å². The summed E-state index contributed by atoms with van der Waals surface area (Å²) in [6.07, 6.45) is 0. The van der Waals surface area contributed by atoms with E-state index in [1.165, 1.54) is 0 Å². The van der Waals surface area contributed by atoms with Crippen molar-refractivity contribution in [3.05, 3.63) is 0 Å². The van der Waals surface area contributed by atoms with Crippen molar-refractivity contribution in [1.82, 2.24) is 0 Å². The molecule has 0 bridgehead atoms. The third-order valence-corrected chi connectivity index (χ3v) is 0.962. The molecule has 2 N–H and O–H groups in total. The highest BCUT2D eigenvalue weighted by molar-refractivity contribution is 9.06. The van der Waals surface area contributed by atoms with E-state index in [0.29, 0.717) is 0 Å². The Morgan fingerprint density at radius 1 is 1.60 bits per heavy atom. The standard InChI is InChI=1S/BrH2O3P/c1-4-5(2)3/h2-3H. The third-order valence-electron chi connectivity index (χ3n) is 0.0617.